The van der Waals surface area contributed by atoms with Crippen molar-refractivity contribution in [2.45, 2.75) is 20.1 Å². The molecule has 2 aromatic rings. The molecule has 23 heavy (non-hydrogen) atoms. The molecule has 0 aliphatic rings. The molecule has 0 aliphatic carbocycles. The van der Waals surface area contributed by atoms with Gasteiger partial charge < -0.3 is 19.3 Å². The molecule has 5 heteroatoms. The third-order valence-electron chi connectivity index (χ3n) is 3.48. The number of ether oxygens (including phenoxy) is 3. The second kappa shape index (κ2) is 7.65. The molecule has 0 amide bonds. The summed E-state index contributed by atoms with van der Waals surface area (Å²) in [5.74, 6) is 1.73. The van der Waals surface area contributed by atoms with Crippen molar-refractivity contribution in [1.82, 2.24) is 0 Å². The Morgan fingerprint density at radius 3 is 2.30 bits per heavy atom. The highest BCUT2D eigenvalue weighted by molar-refractivity contribution is 5.94. The number of carbonyl (C=O) groups excluding carboxylic acids is 1. The summed E-state index contributed by atoms with van der Waals surface area (Å²) < 4.78 is 16.4. The van der Waals surface area contributed by atoms with Gasteiger partial charge in [0.05, 0.1) is 20.8 Å². The molecule has 0 spiro atoms. The molecule has 0 saturated carbocycles. The van der Waals surface area contributed by atoms with Crippen molar-refractivity contribution in [3.8, 4) is 17.2 Å². The number of carbonyl (C=O) groups is 1. The number of Topliss-reactive ketones (excluding diaryl/α,β-unsaturated/α-hetero) is 1. The Bertz CT molecular complexity index is 694. The number of hydrogen-bond donors (Lipinski definition) is 1. The van der Waals surface area contributed by atoms with E-state index in [0.29, 0.717) is 22.8 Å². The number of aliphatic hydroxyl groups excluding tert-OH is 1. The van der Waals surface area contributed by atoms with E-state index in [1.165, 1.54) is 6.92 Å². The van der Waals surface area contributed by atoms with Gasteiger partial charge in [-0.05, 0) is 42.8 Å². The molecule has 2 aromatic carbocycles. The highest BCUT2D eigenvalue weighted by atomic mass is 16.5. The number of rotatable bonds is 7. The first-order valence-corrected chi connectivity index (χ1v) is 7.17. The SMILES string of the molecule is COc1ccc(C(C)=O)cc1COc1ccc(CO)cc1OC. The number of benzene rings is 2. The maximum Gasteiger partial charge on any atom is 0.161 e. The lowest BCUT2D eigenvalue weighted by Gasteiger charge is -2.14. The molecular formula is C18H20O5. The van der Waals surface area contributed by atoms with E-state index in [-0.39, 0.29) is 19.0 Å². The molecule has 0 aromatic heterocycles. The second-order valence-corrected chi connectivity index (χ2v) is 5.01. The Morgan fingerprint density at radius 1 is 1.00 bits per heavy atom. The van der Waals surface area contributed by atoms with Crippen molar-refractivity contribution < 1.29 is 24.1 Å². The molecule has 5 nitrogen and oxygen atoms in total. The van der Waals surface area contributed by atoms with Gasteiger partial charge in [-0.2, -0.15) is 0 Å². The lowest BCUT2D eigenvalue weighted by molar-refractivity contribution is 0.101. The highest BCUT2D eigenvalue weighted by Gasteiger charge is 2.10. The van der Waals surface area contributed by atoms with Crippen LogP contribution >= 0.6 is 0 Å². The van der Waals surface area contributed by atoms with Crippen LogP contribution in [0.2, 0.25) is 0 Å². The highest BCUT2D eigenvalue weighted by Crippen LogP contribution is 2.30. The van der Waals surface area contributed by atoms with E-state index >= 15 is 0 Å². The first kappa shape index (κ1) is 16.8. The van der Waals surface area contributed by atoms with Crippen LogP contribution in [0, 0.1) is 0 Å². The van der Waals surface area contributed by atoms with E-state index in [1.807, 2.05) is 0 Å². The molecule has 0 heterocycles. The van der Waals surface area contributed by atoms with Crippen LogP contribution in [0.25, 0.3) is 0 Å². The summed E-state index contributed by atoms with van der Waals surface area (Å²) in [4.78, 5) is 11.5. The molecule has 0 fully saturated rings. The van der Waals surface area contributed by atoms with Crippen molar-refractivity contribution in [3.05, 3.63) is 53.1 Å². The van der Waals surface area contributed by atoms with Gasteiger partial charge in [0.1, 0.15) is 12.4 Å². The average Bonchev–Trinajstić information content (AvgIpc) is 2.59. The monoisotopic (exact) mass is 316 g/mol. The smallest absolute Gasteiger partial charge is 0.161 e. The summed E-state index contributed by atoms with van der Waals surface area (Å²) in [7, 11) is 3.11. The van der Waals surface area contributed by atoms with Crippen LogP contribution in [-0.4, -0.2) is 25.1 Å². The zero-order valence-electron chi connectivity index (χ0n) is 13.5. The number of ketones is 1. The maximum atomic E-state index is 11.5. The van der Waals surface area contributed by atoms with Crippen molar-refractivity contribution >= 4 is 5.78 Å². The molecule has 2 rings (SSSR count). The Balaban J connectivity index is 2.23. The summed E-state index contributed by atoms with van der Waals surface area (Å²) in [6.07, 6.45) is 0. The Labute approximate surface area is 135 Å². The van der Waals surface area contributed by atoms with Gasteiger partial charge in [-0.3, -0.25) is 4.79 Å². The zero-order valence-corrected chi connectivity index (χ0v) is 13.5. The Kier molecular flexibility index (Phi) is 5.60. The maximum absolute atomic E-state index is 11.5. The summed E-state index contributed by atoms with van der Waals surface area (Å²) in [5, 5.41) is 9.16. The van der Waals surface area contributed by atoms with Crippen LogP contribution in [0.5, 0.6) is 17.2 Å². The standard InChI is InChI=1S/C18H20O5/c1-12(20)14-5-7-16(21-2)15(9-14)11-23-17-6-4-13(10-19)8-18(17)22-3/h4-9,19H,10-11H2,1-3H3. The van der Waals surface area contributed by atoms with Crippen LogP contribution in [0.4, 0.5) is 0 Å². The minimum atomic E-state index is -0.0644. The normalized spacial score (nSPS) is 10.3. The van der Waals surface area contributed by atoms with E-state index in [2.05, 4.69) is 0 Å². The van der Waals surface area contributed by atoms with Gasteiger partial charge in [-0.15, -0.1) is 0 Å². The molecular weight excluding hydrogens is 296 g/mol. The lowest BCUT2D eigenvalue weighted by Crippen LogP contribution is -2.03. The summed E-state index contributed by atoms with van der Waals surface area (Å²) >= 11 is 0. The summed E-state index contributed by atoms with van der Waals surface area (Å²) in [5.41, 5.74) is 2.12. The average molecular weight is 316 g/mol. The zero-order chi connectivity index (χ0) is 16.8. The van der Waals surface area contributed by atoms with E-state index in [0.717, 1.165) is 11.1 Å². The fourth-order valence-electron chi connectivity index (χ4n) is 2.20. The van der Waals surface area contributed by atoms with Gasteiger partial charge >= 0.3 is 0 Å². The van der Waals surface area contributed by atoms with Crippen LogP contribution < -0.4 is 14.2 Å². The minimum Gasteiger partial charge on any atom is -0.496 e. The van der Waals surface area contributed by atoms with E-state index < -0.39 is 0 Å². The Hall–Kier alpha value is -2.53. The molecule has 0 radical (unpaired) electrons. The van der Waals surface area contributed by atoms with Gasteiger partial charge in [0, 0.05) is 11.1 Å². The summed E-state index contributed by atoms with van der Waals surface area (Å²) in [6, 6.07) is 10.5. The molecule has 0 unspecified atom stereocenters. The van der Waals surface area contributed by atoms with Crippen molar-refractivity contribution in [1.29, 1.82) is 0 Å². The number of aliphatic hydroxyl groups is 1. The molecule has 122 valence electrons. The first-order chi connectivity index (χ1) is 11.1. The quantitative estimate of drug-likeness (QED) is 0.796. The van der Waals surface area contributed by atoms with Crippen molar-refractivity contribution in [2.75, 3.05) is 14.2 Å². The second-order valence-electron chi connectivity index (χ2n) is 5.01. The number of hydrogen-bond acceptors (Lipinski definition) is 5. The van der Waals surface area contributed by atoms with E-state index in [1.54, 1.807) is 50.6 Å². The first-order valence-electron chi connectivity index (χ1n) is 7.17. The van der Waals surface area contributed by atoms with Gasteiger partial charge in [0.15, 0.2) is 17.3 Å². The molecule has 1 N–H and O–H groups in total. The molecule has 0 atom stereocenters. The fourth-order valence-corrected chi connectivity index (χ4v) is 2.20. The molecule has 0 saturated heterocycles. The predicted molar refractivity (Wildman–Crippen MR) is 86.2 cm³/mol. The van der Waals surface area contributed by atoms with Gasteiger partial charge in [-0.25, -0.2) is 0 Å². The van der Waals surface area contributed by atoms with Crippen molar-refractivity contribution in [2.24, 2.45) is 0 Å². The fraction of sp³-hybridized carbons (Fsp3) is 0.278. The van der Waals surface area contributed by atoms with Crippen LogP contribution in [0.1, 0.15) is 28.4 Å². The lowest BCUT2D eigenvalue weighted by atomic mass is 10.1. The number of methoxy groups -OCH3 is 2. The van der Waals surface area contributed by atoms with Gasteiger partial charge in [0.25, 0.3) is 0 Å². The van der Waals surface area contributed by atoms with Gasteiger partial charge in [0.2, 0.25) is 0 Å². The molecule has 0 bridgehead atoms. The summed E-state index contributed by atoms with van der Waals surface area (Å²) in [6.45, 7) is 1.69. The van der Waals surface area contributed by atoms with Gasteiger partial charge in [-0.1, -0.05) is 6.07 Å². The Morgan fingerprint density at radius 2 is 1.70 bits per heavy atom. The van der Waals surface area contributed by atoms with Crippen LogP contribution in [0.3, 0.4) is 0 Å². The van der Waals surface area contributed by atoms with E-state index in [4.69, 9.17) is 19.3 Å². The predicted octanol–water partition coefficient (Wildman–Crippen LogP) is 2.98. The minimum absolute atomic E-state index is 0.0150. The third kappa shape index (κ3) is 4.02. The largest absolute Gasteiger partial charge is 0.496 e. The molecule has 0 aliphatic heterocycles. The third-order valence-corrected chi connectivity index (χ3v) is 3.48. The van der Waals surface area contributed by atoms with E-state index in [9.17, 15) is 4.79 Å². The topological polar surface area (TPSA) is 65.0 Å². The van der Waals surface area contributed by atoms with Crippen LogP contribution in [0.15, 0.2) is 36.4 Å². The van der Waals surface area contributed by atoms with Crippen molar-refractivity contribution in [3.63, 3.8) is 0 Å². The van der Waals surface area contributed by atoms with Crippen LogP contribution in [-0.2, 0) is 13.2 Å².